The van der Waals surface area contributed by atoms with Crippen LogP contribution < -0.4 is 11.5 Å². The van der Waals surface area contributed by atoms with Crippen molar-refractivity contribution in [3.63, 3.8) is 0 Å². The quantitative estimate of drug-likeness (QED) is 0.491. The fraction of sp³-hybridized carbons (Fsp3) is 0.333. The number of aromatic hydroxyl groups is 2. The molecule has 0 unspecified atom stereocenters. The van der Waals surface area contributed by atoms with Gasteiger partial charge >= 0.3 is 11.9 Å². The van der Waals surface area contributed by atoms with Gasteiger partial charge in [-0.1, -0.05) is 12.1 Å². The number of hydrogen-bond acceptors (Lipinski definition) is 8. The lowest BCUT2D eigenvalue weighted by Gasteiger charge is -2.32. The van der Waals surface area contributed by atoms with Gasteiger partial charge in [0.25, 0.3) is 0 Å². The number of carbonyl (C=O) groups excluding carboxylic acids is 2. The molecule has 2 aromatic rings. The summed E-state index contributed by atoms with van der Waals surface area (Å²) in [6.45, 7) is 3.93. The van der Waals surface area contributed by atoms with E-state index in [1.165, 1.54) is 36.4 Å². The molecule has 29 heavy (non-hydrogen) atoms. The maximum atomic E-state index is 11.9. The predicted octanol–water partition coefficient (Wildman–Crippen LogP) is 2.00. The van der Waals surface area contributed by atoms with Gasteiger partial charge in [-0.05, 0) is 51.1 Å². The van der Waals surface area contributed by atoms with Gasteiger partial charge in [0.1, 0.15) is 11.5 Å². The summed E-state index contributed by atoms with van der Waals surface area (Å²) in [6.07, 6.45) is 0.186. The Labute approximate surface area is 169 Å². The van der Waals surface area contributed by atoms with Crippen molar-refractivity contribution in [1.29, 1.82) is 0 Å². The molecule has 6 N–H and O–H groups in total. The molecule has 0 bridgehead atoms. The number of ether oxygens (including phenoxy) is 2. The summed E-state index contributed by atoms with van der Waals surface area (Å²) in [6, 6.07) is 8.47. The van der Waals surface area contributed by atoms with Crippen molar-refractivity contribution in [3.8, 4) is 11.5 Å². The Morgan fingerprint density at radius 3 is 1.62 bits per heavy atom. The van der Waals surface area contributed by atoms with E-state index < -0.39 is 17.5 Å². The number of esters is 2. The highest BCUT2D eigenvalue weighted by molar-refractivity contribution is 5.91. The Kier molecular flexibility index (Phi) is 7.19. The summed E-state index contributed by atoms with van der Waals surface area (Å²) in [5.74, 6) is -1.62. The summed E-state index contributed by atoms with van der Waals surface area (Å²) >= 11 is 0. The van der Waals surface area contributed by atoms with Gasteiger partial charge in [-0.15, -0.1) is 0 Å². The van der Waals surface area contributed by atoms with Crippen LogP contribution in [0.2, 0.25) is 0 Å². The molecule has 0 atom stereocenters. The molecule has 0 aromatic heterocycles. The van der Waals surface area contributed by atoms with E-state index in [1.807, 2.05) is 0 Å². The number of phenols is 2. The zero-order valence-corrected chi connectivity index (χ0v) is 16.5. The first-order chi connectivity index (χ1) is 13.8. The second kappa shape index (κ2) is 9.40. The third-order valence-electron chi connectivity index (χ3n) is 4.52. The molecular weight excluding hydrogens is 376 g/mol. The van der Waals surface area contributed by atoms with Crippen LogP contribution in [-0.4, -0.2) is 41.9 Å². The number of benzene rings is 2. The first kappa shape index (κ1) is 22.2. The number of hydrogen-bond donors (Lipinski definition) is 4. The van der Waals surface area contributed by atoms with Gasteiger partial charge in [0.2, 0.25) is 0 Å². The Morgan fingerprint density at radius 2 is 1.31 bits per heavy atom. The molecule has 0 radical (unpaired) electrons. The normalized spacial score (nSPS) is 11.2. The molecule has 156 valence electrons. The van der Waals surface area contributed by atoms with Crippen LogP contribution in [0.5, 0.6) is 11.5 Å². The summed E-state index contributed by atoms with van der Waals surface area (Å²) in [5.41, 5.74) is 11.9. The molecule has 0 fully saturated rings. The van der Waals surface area contributed by atoms with Crippen molar-refractivity contribution in [2.75, 3.05) is 19.8 Å². The highest BCUT2D eigenvalue weighted by Crippen LogP contribution is 2.40. The van der Waals surface area contributed by atoms with Gasteiger partial charge in [0, 0.05) is 11.1 Å². The van der Waals surface area contributed by atoms with Gasteiger partial charge in [0.05, 0.1) is 29.9 Å². The van der Waals surface area contributed by atoms with Gasteiger partial charge in [-0.25, -0.2) is 9.59 Å². The highest BCUT2D eigenvalue weighted by Gasteiger charge is 2.34. The topological polar surface area (TPSA) is 145 Å². The SMILES string of the molecule is CCOC(=O)c1ccc(C(N)(CCN)c2ccc(C(=O)OCC)cc2O)c(O)c1. The third-order valence-corrected chi connectivity index (χ3v) is 4.52. The van der Waals surface area contributed by atoms with Crippen LogP contribution in [0.15, 0.2) is 36.4 Å². The van der Waals surface area contributed by atoms with Crippen molar-refractivity contribution in [2.45, 2.75) is 25.8 Å². The van der Waals surface area contributed by atoms with E-state index in [0.717, 1.165) is 0 Å². The van der Waals surface area contributed by atoms with Crippen LogP contribution in [0.1, 0.15) is 52.1 Å². The van der Waals surface area contributed by atoms with Gasteiger partial charge in [-0.2, -0.15) is 0 Å². The molecule has 0 amide bonds. The largest absolute Gasteiger partial charge is 0.508 e. The van der Waals surface area contributed by atoms with E-state index in [9.17, 15) is 19.8 Å². The molecule has 0 aliphatic carbocycles. The summed E-state index contributed by atoms with van der Waals surface area (Å²) in [5, 5.41) is 21.1. The Morgan fingerprint density at radius 1 is 0.897 bits per heavy atom. The molecule has 8 heteroatoms. The van der Waals surface area contributed by atoms with E-state index in [1.54, 1.807) is 13.8 Å². The molecule has 0 aliphatic heterocycles. The smallest absolute Gasteiger partial charge is 0.338 e. The fourth-order valence-corrected chi connectivity index (χ4v) is 3.14. The van der Waals surface area contributed by atoms with E-state index in [-0.39, 0.29) is 59.9 Å². The van der Waals surface area contributed by atoms with E-state index in [4.69, 9.17) is 20.9 Å². The second-order valence-electron chi connectivity index (χ2n) is 6.41. The predicted molar refractivity (Wildman–Crippen MR) is 107 cm³/mol. The second-order valence-corrected chi connectivity index (χ2v) is 6.41. The monoisotopic (exact) mass is 402 g/mol. The molecule has 2 aromatic carbocycles. The first-order valence-electron chi connectivity index (χ1n) is 9.28. The van der Waals surface area contributed by atoms with E-state index >= 15 is 0 Å². The molecule has 0 saturated heterocycles. The first-order valence-corrected chi connectivity index (χ1v) is 9.28. The molecule has 8 nitrogen and oxygen atoms in total. The Bertz CT molecular complexity index is 829. The zero-order valence-electron chi connectivity index (χ0n) is 16.5. The average Bonchev–Trinajstić information content (AvgIpc) is 2.68. The number of phenolic OH excluding ortho intramolecular Hbond substituents is 2. The van der Waals surface area contributed by atoms with Crippen LogP contribution in [0.3, 0.4) is 0 Å². The van der Waals surface area contributed by atoms with Crippen molar-refractivity contribution in [2.24, 2.45) is 11.5 Å². The number of nitrogens with two attached hydrogens (primary N) is 2. The van der Waals surface area contributed by atoms with Crippen LogP contribution >= 0.6 is 0 Å². The van der Waals surface area contributed by atoms with Crippen molar-refractivity contribution >= 4 is 11.9 Å². The fourth-order valence-electron chi connectivity index (χ4n) is 3.14. The number of carbonyl (C=O) groups is 2. The van der Waals surface area contributed by atoms with Gasteiger partial charge in [0.15, 0.2) is 0 Å². The average molecular weight is 402 g/mol. The Hall–Kier alpha value is -3.10. The molecule has 0 heterocycles. The third kappa shape index (κ3) is 4.67. The van der Waals surface area contributed by atoms with Gasteiger partial charge < -0.3 is 31.2 Å². The Balaban J connectivity index is 2.51. The molecule has 0 spiro atoms. The molecule has 0 aliphatic rings. The van der Waals surface area contributed by atoms with Crippen LogP contribution in [0.25, 0.3) is 0 Å². The van der Waals surface area contributed by atoms with Crippen molar-refractivity contribution in [3.05, 3.63) is 58.7 Å². The lowest BCUT2D eigenvalue weighted by Crippen LogP contribution is -2.40. The zero-order chi connectivity index (χ0) is 21.6. The minimum absolute atomic E-state index is 0.161. The lowest BCUT2D eigenvalue weighted by molar-refractivity contribution is 0.0516. The van der Waals surface area contributed by atoms with E-state index in [0.29, 0.717) is 0 Å². The molecule has 2 rings (SSSR count). The molecule has 0 saturated carbocycles. The highest BCUT2D eigenvalue weighted by atomic mass is 16.5. The van der Waals surface area contributed by atoms with E-state index in [2.05, 4.69) is 0 Å². The van der Waals surface area contributed by atoms with Crippen LogP contribution in [-0.2, 0) is 15.0 Å². The lowest BCUT2D eigenvalue weighted by atomic mass is 9.79. The summed E-state index contributed by atoms with van der Waals surface area (Å²) in [4.78, 5) is 23.8. The van der Waals surface area contributed by atoms with Crippen molar-refractivity contribution < 1.29 is 29.3 Å². The number of rotatable bonds is 8. The standard InChI is InChI=1S/C21H26N2O6/c1-3-28-19(26)13-5-7-15(17(24)11-13)21(23,9-10-22)16-8-6-14(12-18(16)25)20(27)29-4-2/h5-8,11-12,24-25H,3-4,9-10,22-23H2,1-2H3. The van der Waals surface area contributed by atoms with Crippen LogP contribution in [0.4, 0.5) is 0 Å². The van der Waals surface area contributed by atoms with Crippen LogP contribution in [0, 0.1) is 0 Å². The van der Waals surface area contributed by atoms with Crippen molar-refractivity contribution in [1.82, 2.24) is 0 Å². The summed E-state index contributed by atoms with van der Waals surface area (Å²) < 4.78 is 9.86. The maximum Gasteiger partial charge on any atom is 0.338 e. The van der Waals surface area contributed by atoms with Gasteiger partial charge in [-0.3, -0.25) is 0 Å². The minimum Gasteiger partial charge on any atom is -0.508 e. The minimum atomic E-state index is -1.36. The maximum absolute atomic E-state index is 11.9. The summed E-state index contributed by atoms with van der Waals surface area (Å²) in [7, 11) is 0. The molecular formula is C21H26N2O6.